The summed E-state index contributed by atoms with van der Waals surface area (Å²) >= 11 is 0. The molecule has 17 heteroatoms. The Labute approximate surface area is 347 Å². The lowest BCUT2D eigenvalue weighted by molar-refractivity contribution is -0.136. The molecule has 2 aromatic heterocycles. The number of pyridine rings is 1. The highest BCUT2D eigenvalue weighted by Crippen LogP contribution is 2.53. The van der Waals surface area contributed by atoms with Gasteiger partial charge in [-0.3, -0.25) is 53.7 Å². The third-order valence-electron chi connectivity index (χ3n) is 12.2. The van der Waals surface area contributed by atoms with Gasteiger partial charge in [-0.1, -0.05) is 35.6 Å². The van der Waals surface area contributed by atoms with Crippen LogP contribution in [-0.4, -0.2) is 85.4 Å². The van der Waals surface area contributed by atoms with Crippen LogP contribution in [0.3, 0.4) is 0 Å². The minimum Gasteiger partial charge on any atom is -0.382 e. The lowest BCUT2D eigenvalue weighted by Gasteiger charge is -2.27. The Kier molecular flexibility index (Phi) is 9.31. The van der Waals surface area contributed by atoms with Crippen molar-refractivity contribution in [3.05, 3.63) is 119 Å². The summed E-state index contributed by atoms with van der Waals surface area (Å²) in [5, 5.41) is 17.6. The molecule has 2 saturated heterocycles. The third kappa shape index (κ3) is 6.53. The van der Waals surface area contributed by atoms with Crippen molar-refractivity contribution in [3.8, 4) is 0 Å². The SMILES string of the molecule is O=C1CCC(N2C(=O)c3cccc(NCCOCc4cn(Cc5ccnc6c(NC(=O)c7ccc(N8C(=O)[C@@H]9[C@@H]%10C=CC(C%10)[C@@H]9C8=O)cc7)cccc56)nn4)c3C2=O)C(=O)N1. The zero-order valence-electron chi connectivity index (χ0n) is 32.4. The first-order chi connectivity index (χ1) is 29.6. The molecule has 3 N–H and O–H groups in total. The fraction of sp³-hybridized carbons (Fsp3) is 0.273. The van der Waals surface area contributed by atoms with E-state index in [1.165, 1.54) is 11.0 Å². The van der Waals surface area contributed by atoms with Crippen LogP contribution in [-0.2, 0) is 37.1 Å². The number of hydrogen-bond acceptors (Lipinski definition) is 12. The maximum absolute atomic E-state index is 13.4. The Balaban J connectivity index is 0.737. The fourth-order valence-corrected chi connectivity index (χ4v) is 9.34. The molecule has 3 aromatic carbocycles. The predicted molar refractivity (Wildman–Crippen MR) is 217 cm³/mol. The number of nitrogens with zero attached hydrogens (tertiary/aromatic N) is 6. The average molecular weight is 820 g/mol. The Hall–Kier alpha value is -7.40. The van der Waals surface area contributed by atoms with E-state index in [0.717, 1.165) is 22.3 Å². The van der Waals surface area contributed by atoms with Crippen molar-refractivity contribution < 1.29 is 38.3 Å². The van der Waals surface area contributed by atoms with E-state index in [0.29, 0.717) is 46.9 Å². The van der Waals surface area contributed by atoms with Gasteiger partial charge in [-0.25, -0.2) is 4.68 Å². The number of allylic oxidation sites excluding steroid dienone is 2. The van der Waals surface area contributed by atoms with Gasteiger partial charge in [0.2, 0.25) is 23.6 Å². The zero-order chi connectivity index (χ0) is 41.9. The second-order valence-electron chi connectivity index (χ2n) is 15.7. The molecule has 3 fully saturated rings. The molecule has 2 unspecified atom stereocenters. The number of carbonyl (C=O) groups is 7. The van der Waals surface area contributed by atoms with Gasteiger partial charge >= 0.3 is 0 Å². The third-order valence-corrected chi connectivity index (χ3v) is 12.2. The van der Waals surface area contributed by atoms with Crippen molar-refractivity contribution in [3.63, 3.8) is 0 Å². The molecule has 3 aliphatic heterocycles. The molecular weight excluding hydrogens is 783 g/mol. The van der Waals surface area contributed by atoms with E-state index in [-0.39, 0.29) is 78.6 Å². The summed E-state index contributed by atoms with van der Waals surface area (Å²) in [5.74, 6) is -3.34. The van der Waals surface area contributed by atoms with Crippen LogP contribution in [0.2, 0.25) is 0 Å². The normalized spacial score (nSPS) is 22.7. The van der Waals surface area contributed by atoms with Crippen molar-refractivity contribution >= 4 is 69.3 Å². The largest absolute Gasteiger partial charge is 0.382 e. The molecule has 5 heterocycles. The van der Waals surface area contributed by atoms with Crippen LogP contribution in [0.5, 0.6) is 0 Å². The van der Waals surface area contributed by atoms with Gasteiger partial charge in [0.25, 0.3) is 17.7 Å². The number of nitrogens with one attached hydrogen (secondary N) is 3. The number of benzene rings is 3. The number of para-hydroxylation sites is 1. The summed E-state index contributed by atoms with van der Waals surface area (Å²) in [6.07, 6.45) is 8.52. The Morgan fingerprint density at radius 3 is 2.39 bits per heavy atom. The van der Waals surface area contributed by atoms with Crippen molar-refractivity contribution in [1.82, 2.24) is 30.2 Å². The highest BCUT2D eigenvalue weighted by molar-refractivity contribution is 6.26. The van der Waals surface area contributed by atoms with Gasteiger partial charge in [-0.2, -0.15) is 0 Å². The van der Waals surface area contributed by atoms with Gasteiger partial charge in [-0.15, -0.1) is 5.10 Å². The monoisotopic (exact) mass is 819 g/mol. The smallest absolute Gasteiger partial charge is 0.264 e. The second kappa shape index (κ2) is 15.0. The topological polar surface area (TPSA) is 215 Å². The van der Waals surface area contributed by atoms with Gasteiger partial charge in [0.1, 0.15) is 11.7 Å². The Morgan fingerprint density at radius 2 is 1.62 bits per heavy atom. The van der Waals surface area contributed by atoms with Gasteiger partial charge < -0.3 is 15.4 Å². The number of carbonyl (C=O) groups excluding carboxylic acids is 7. The number of amides is 7. The van der Waals surface area contributed by atoms with Crippen molar-refractivity contribution in [2.75, 3.05) is 28.7 Å². The average Bonchev–Trinajstić information content (AvgIpc) is 4.09. The zero-order valence-corrected chi connectivity index (χ0v) is 32.4. The molecule has 2 bridgehead atoms. The number of anilines is 3. The van der Waals surface area contributed by atoms with E-state index in [9.17, 15) is 33.6 Å². The molecule has 17 nitrogen and oxygen atoms in total. The maximum atomic E-state index is 13.4. The molecular formula is C44H37N9O8. The first kappa shape index (κ1) is 37.8. The molecule has 10 rings (SSSR count). The van der Waals surface area contributed by atoms with E-state index in [2.05, 4.69) is 43.4 Å². The molecule has 2 aliphatic carbocycles. The number of ether oxygens (including phenoxy) is 1. The Morgan fingerprint density at radius 1 is 0.869 bits per heavy atom. The molecule has 61 heavy (non-hydrogen) atoms. The van der Waals surface area contributed by atoms with Crippen LogP contribution in [0.15, 0.2) is 91.3 Å². The van der Waals surface area contributed by atoms with Gasteiger partial charge in [-0.05, 0) is 78.8 Å². The lowest BCUT2D eigenvalue weighted by atomic mass is 9.85. The summed E-state index contributed by atoms with van der Waals surface area (Å²) in [5.41, 5.74) is 4.19. The first-order valence-corrected chi connectivity index (χ1v) is 20.0. The number of rotatable bonds is 12. The van der Waals surface area contributed by atoms with Crippen LogP contribution in [0, 0.1) is 23.7 Å². The number of piperidine rings is 1. The molecule has 1 saturated carbocycles. The van der Waals surface area contributed by atoms with Crippen LogP contribution >= 0.6 is 0 Å². The number of aromatic nitrogens is 4. The lowest BCUT2D eigenvalue weighted by Crippen LogP contribution is -2.54. The molecule has 5 aromatic rings. The van der Waals surface area contributed by atoms with Crippen molar-refractivity contribution in [1.29, 1.82) is 0 Å². The van der Waals surface area contributed by atoms with Crippen LogP contribution in [0.25, 0.3) is 10.9 Å². The molecule has 7 amide bonds. The van der Waals surface area contributed by atoms with Gasteiger partial charge in [0.15, 0.2) is 0 Å². The highest BCUT2D eigenvalue weighted by atomic mass is 16.5. The summed E-state index contributed by atoms with van der Waals surface area (Å²) in [6, 6.07) is 17.7. The first-order valence-electron chi connectivity index (χ1n) is 20.0. The summed E-state index contributed by atoms with van der Waals surface area (Å²) in [4.78, 5) is 97.2. The number of hydrogen-bond donors (Lipinski definition) is 3. The summed E-state index contributed by atoms with van der Waals surface area (Å²) < 4.78 is 7.50. The molecule has 0 spiro atoms. The number of imide groups is 3. The van der Waals surface area contributed by atoms with Crippen LogP contribution in [0.4, 0.5) is 17.1 Å². The van der Waals surface area contributed by atoms with Crippen molar-refractivity contribution in [2.45, 2.75) is 38.5 Å². The van der Waals surface area contributed by atoms with E-state index < -0.39 is 29.7 Å². The quantitative estimate of drug-likeness (QED) is 0.0938. The molecule has 5 atom stereocenters. The van der Waals surface area contributed by atoms with Crippen molar-refractivity contribution in [2.24, 2.45) is 23.7 Å². The standard InChI is InChI=1S/C44H37N9O8/c54-34-14-13-33(40(56)48-34)53-41(57)30-4-2-5-31(37(30)44(53)60)45-17-18-61-22-27-21-51(50-49-27)20-26-15-16-46-38-29(26)3-1-6-32(38)47-39(55)23-9-11-28(12-10-23)52-42(58)35-24-7-8-25(19-24)36(35)43(52)59/h1-12,15-16,21,24-25,33,35-36,45H,13-14,17-20,22H2,(H,47,55)(H,48,54,56)/t24-,25?,33?,35-,36+/m1/s1. The van der Waals surface area contributed by atoms with Crippen LogP contribution in [0.1, 0.15) is 61.6 Å². The minimum absolute atomic E-state index is 0.0396. The highest BCUT2D eigenvalue weighted by Gasteiger charge is 2.59. The van der Waals surface area contributed by atoms with Gasteiger partial charge in [0.05, 0.1) is 65.8 Å². The summed E-state index contributed by atoms with van der Waals surface area (Å²) in [6.45, 7) is 1.06. The minimum atomic E-state index is -1.05. The van der Waals surface area contributed by atoms with E-state index in [1.54, 1.807) is 59.5 Å². The molecule has 5 aliphatic rings. The van der Waals surface area contributed by atoms with E-state index >= 15 is 0 Å². The second-order valence-corrected chi connectivity index (χ2v) is 15.7. The molecule has 0 radical (unpaired) electrons. The maximum Gasteiger partial charge on any atom is 0.264 e. The number of fused-ring (bicyclic) bond motifs is 7. The molecule has 306 valence electrons. The van der Waals surface area contributed by atoms with E-state index in [4.69, 9.17) is 4.74 Å². The fourth-order valence-electron chi connectivity index (χ4n) is 9.34. The van der Waals surface area contributed by atoms with E-state index in [1.807, 2.05) is 18.2 Å². The Bertz CT molecular complexity index is 2720. The van der Waals surface area contributed by atoms with Gasteiger partial charge in [0, 0.05) is 35.8 Å². The summed E-state index contributed by atoms with van der Waals surface area (Å²) in [7, 11) is 0. The van der Waals surface area contributed by atoms with Crippen LogP contribution < -0.4 is 20.9 Å². The predicted octanol–water partition coefficient (Wildman–Crippen LogP) is 3.47.